The van der Waals surface area contributed by atoms with E-state index in [2.05, 4.69) is 13.8 Å². The van der Waals surface area contributed by atoms with Gasteiger partial charge in [0.1, 0.15) is 5.60 Å². The molecule has 0 aromatic rings. The Bertz CT molecular complexity index is 124. The maximum Gasteiger partial charge on any atom is 0.105 e. The molecule has 1 unspecified atom stereocenters. The molecule has 0 amide bonds. The van der Waals surface area contributed by atoms with E-state index in [9.17, 15) is 0 Å². The van der Waals surface area contributed by atoms with Gasteiger partial charge in [-0.25, -0.2) is 0 Å². The average molecular weight is 171 g/mol. The highest BCUT2D eigenvalue weighted by Crippen LogP contribution is 2.33. The Kier molecular flexibility index (Phi) is 3.53. The van der Waals surface area contributed by atoms with Crippen LogP contribution in [0.3, 0.4) is 0 Å². The summed E-state index contributed by atoms with van der Waals surface area (Å²) in [5.74, 6) is 0. The molecule has 0 bridgehead atoms. The van der Waals surface area contributed by atoms with Gasteiger partial charge in [-0.3, -0.25) is 4.84 Å². The predicted molar refractivity (Wildman–Crippen MR) is 50.9 cm³/mol. The van der Waals surface area contributed by atoms with Crippen LogP contribution in [-0.2, 0) is 4.84 Å². The van der Waals surface area contributed by atoms with Crippen LogP contribution in [0.2, 0.25) is 0 Å². The molecule has 0 aliphatic carbocycles. The molecule has 12 heavy (non-hydrogen) atoms. The van der Waals surface area contributed by atoms with Crippen molar-refractivity contribution in [2.24, 2.45) is 0 Å². The van der Waals surface area contributed by atoms with E-state index < -0.39 is 0 Å². The lowest BCUT2D eigenvalue weighted by atomic mass is 9.89. The number of unbranched alkanes of at least 4 members (excludes halogenated alkanes) is 1. The highest BCUT2D eigenvalue weighted by Gasteiger charge is 2.41. The van der Waals surface area contributed by atoms with Gasteiger partial charge in [0.2, 0.25) is 0 Å². The number of hydrogen-bond donors (Lipinski definition) is 0. The summed E-state index contributed by atoms with van der Waals surface area (Å²) in [5.41, 5.74) is 0.222. The molecule has 2 heteroatoms. The second-order valence-electron chi connectivity index (χ2n) is 3.91. The summed E-state index contributed by atoms with van der Waals surface area (Å²) < 4.78 is 0. The lowest BCUT2D eigenvalue weighted by Crippen LogP contribution is -2.57. The highest BCUT2D eigenvalue weighted by atomic mass is 16.7. The Balaban J connectivity index is 2.29. The third-order valence-corrected chi connectivity index (χ3v) is 2.55. The summed E-state index contributed by atoms with van der Waals surface area (Å²) in [6.07, 6.45) is 6.27. The molecule has 1 heterocycles. The smallest absolute Gasteiger partial charge is 0.105 e. The summed E-state index contributed by atoms with van der Waals surface area (Å²) >= 11 is 0. The standard InChI is InChI=1S/C10H21NO/c1-4-6-8-10(7-5-2)9-11(3)12-10/h4-9H2,1-3H3. The van der Waals surface area contributed by atoms with Gasteiger partial charge in [0, 0.05) is 7.05 Å². The van der Waals surface area contributed by atoms with Crippen LogP contribution in [0, 0.1) is 0 Å². The lowest BCUT2D eigenvalue weighted by Gasteiger charge is -2.48. The first-order valence-electron chi connectivity index (χ1n) is 5.13. The highest BCUT2D eigenvalue weighted by molar-refractivity contribution is 4.87. The fourth-order valence-electron chi connectivity index (χ4n) is 2.06. The van der Waals surface area contributed by atoms with Crippen molar-refractivity contribution < 1.29 is 4.84 Å². The molecule has 0 saturated carbocycles. The van der Waals surface area contributed by atoms with Gasteiger partial charge < -0.3 is 0 Å². The topological polar surface area (TPSA) is 12.5 Å². The molecule has 0 aromatic heterocycles. The van der Waals surface area contributed by atoms with E-state index in [-0.39, 0.29) is 5.60 Å². The van der Waals surface area contributed by atoms with Crippen LogP contribution in [0.5, 0.6) is 0 Å². The zero-order valence-corrected chi connectivity index (χ0v) is 8.60. The van der Waals surface area contributed by atoms with E-state index in [1.807, 2.05) is 12.1 Å². The van der Waals surface area contributed by atoms with E-state index in [0.29, 0.717) is 0 Å². The van der Waals surface area contributed by atoms with Crippen LogP contribution >= 0.6 is 0 Å². The molecule has 0 radical (unpaired) electrons. The SMILES string of the molecule is CCCCC1(CCC)CN(C)O1. The Hall–Kier alpha value is -0.0800. The van der Waals surface area contributed by atoms with Crippen molar-refractivity contribution in [3.8, 4) is 0 Å². The van der Waals surface area contributed by atoms with Crippen molar-refractivity contribution in [1.29, 1.82) is 0 Å². The van der Waals surface area contributed by atoms with Crippen LogP contribution < -0.4 is 0 Å². The largest absolute Gasteiger partial charge is 0.291 e. The van der Waals surface area contributed by atoms with Gasteiger partial charge in [0.05, 0.1) is 6.54 Å². The normalized spacial score (nSPS) is 30.2. The van der Waals surface area contributed by atoms with E-state index in [0.717, 1.165) is 6.54 Å². The average Bonchev–Trinajstić information content (AvgIpc) is 1.98. The first-order valence-corrected chi connectivity index (χ1v) is 5.13. The van der Waals surface area contributed by atoms with E-state index in [1.165, 1.54) is 32.1 Å². The first-order chi connectivity index (χ1) is 5.72. The molecule has 2 nitrogen and oxygen atoms in total. The predicted octanol–water partition coefficient (Wildman–Crippen LogP) is 2.59. The summed E-state index contributed by atoms with van der Waals surface area (Å²) in [6.45, 7) is 5.60. The van der Waals surface area contributed by atoms with Crippen molar-refractivity contribution in [1.82, 2.24) is 5.06 Å². The number of nitrogens with zero attached hydrogens (tertiary/aromatic N) is 1. The van der Waals surface area contributed by atoms with Crippen LogP contribution in [0.4, 0.5) is 0 Å². The van der Waals surface area contributed by atoms with Crippen LogP contribution in [0.15, 0.2) is 0 Å². The molecule has 72 valence electrons. The summed E-state index contributed by atoms with van der Waals surface area (Å²) in [7, 11) is 2.01. The molecular formula is C10H21NO. The third-order valence-electron chi connectivity index (χ3n) is 2.55. The summed E-state index contributed by atoms with van der Waals surface area (Å²) in [4.78, 5) is 5.70. The van der Waals surface area contributed by atoms with Crippen molar-refractivity contribution >= 4 is 0 Å². The lowest BCUT2D eigenvalue weighted by molar-refractivity contribution is -0.345. The Morgan fingerprint density at radius 3 is 2.33 bits per heavy atom. The number of hydroxylamine groups is 2. The van der Waals surface area contributed by atoms with E-state index in [1.54, 1.807) is 0 Å². The van der Waals surface area contributed by atoms with Gasteiger partial charge in [-0.05, 0) is 12.8 Å². The summed E-state index contributed by atoms with van der Waals surface area (Å²) in [5, 5.41) is 1.95. The van der Waals surface area contributed by atoms with Crippen LogP contribution in [-0.4, -0.2) is 24.3 Å². The maximum atomic E-state index is 5.70. The molecule has 0 N–H and O–H groups in total. The monoisotopic (exact) mass is 171 g/mol. The van der Waals surface area contributed by atoms with Gasteiger partial charge in [-0.2, -0.15) is 5.06 Å². The fourth-order valence-corrected chi connectivity index (χ4v) is 2.06. The molecule has 1 fully saturated rings. The fraction of sp³-hybridized carbons (Fsp3) is 1.00. The van der Waals surface area contributed by atoms with Gasteiger partial charge in [-0.15, -0.1) is 0 Å². The molecule has 1 rings (SSSR count). The minimum atomic E-state index is 0.222. The van der Waals surface area contributed by atoms with Crippen molar-refractivity contribution in [3.63, 3.8) is 0 Å². The second kappa shape index (κ2) is 4.24. The zero-order valence-electron chi connectivity index (χ0n) is 8.60. The third kappa shape index (κ3) is 2.20. The van der Waals surface area contributed by atoms with Crippen LogP contribution in [0.25, 0.3) is 0 Å². The molecule has 1 aliphatic rings. The number of rotatable bonds is 5. The minimum absolute atomic E-state index is 0.222. The van der Waals surface area contributed by atoms with Gasteiger partial charge in [0.15, 0.2) is 0 Å². The second-order valence-corrected chi connectivity index (χ2v) is 3.91. The zero-order chi connectivity index (χ0) is 9.03. The Labute approximate surface area is 75.8 Å². The van der Waals surface area contributed by atoms with Crippen molar-refractivity contribution in [2.75, 3.05) is 13.6 Å². The molecule has 0 aromatic carbocycles. The molecule has 1 atom stereocenters. The van der Waals surface area contributed by atoms with Gasteiger partial charge in [0.25, 0.3) is 0 Å². The van der Waals surface area contributed by atoms with Crippen LogP contribution in [0.1, 0.15) is 46.0 Å². The van der Waals surface area contributed by atoms with Gasteiger partial charge in [-0.1, -0.05) is 33.1 Å². The molecule has 1 aliphatic heterocycles. The molecule has 1 saturated heterocycles. The van der Waals surface area contributed by atoms with Crippen molar-refractivity contribution in [3.05, 3.63) is 0 Å². The quantitative estimate of drug-likeness (QED) is 0.630. The minimum Gasteiger partial charge on any atom is -0.291 e. The van der Waals surface area contributed by atoms with Crippen molar-refractivity contribution in [2.45, 2.75) is 51.6 Å². The molecule has 0 spiro atoms. The van der Waals surface area contributed by atoms with Gasteiger partial charge >= 0.3 is 0 Å². The number of likely N-dealkylation sites (N-methyl/N-ethyl adjacent to an activating group) is 1. The Morgan fingerprint density at radius 1 is 1.25 bits per heavy atom. The van der Waals surface area contributed by atoms with E-state index >= 15 is 0 Å². The first kappa shape index (κ1) is 10.0. The van der Waals surface area contributed by atoms with E-state index in [4.69, 9.17) is 4.84 Å². The maximum absolute atomic E-state index is 5.70. The Morgan fingerprint density at radius 2 is 1.92 bits per heavy atom. The molecular weight excluding hydrogens is 150 g/mol. The number of hydrogen-bond acceptors (Lipinski definition) is 2. The summed E-state index contributed by atoms with van der Waals surface area (Å²) in [6, 6.07) is 0.